The van der Waals surface area contributed by atoms with E-state index in [4.69, 9.17) is 0 Å². The second-order valence-electron chi connectivity index (χ2n) is 2.67. The molecule has 0 amide bonds. The summed E-state index contributed by atoms with van der Waals surface area (Å²) in [5.41, 5.74) is 4.92. The van der Waals surface area contributed by atoms with Crippen LogP contribution in [0.2, 0.25) is 0 Å². The average molecular weight is 121 g/mol. The molecule has 0 aromatic carbocycles. The molecule has 1 aliphatic heterocycles. The van der Waals surface area contributed by atoms with E-state index in [9.17, 15) is 0 Å². The number of rotatable bonds is 2. The van der Waals surface area contributed by atoms with Crippen molar-refractivity contribution in [3.8, 4) is 0 Å². The van der Waals surface area contributed by atoms with Gasteiger partial charge in [-0.3, -0.25) is 0 Å². The number of nitrogens with zero attached hydrogens (tertiary/aromatic N) is 2. The van der Waals surface area contributed by atoms with E-state index in [1.165, 1.54) is 12.8 Å². The Morgan fingerprint density at radius 3 is 3.00 bits per heavy atom. The molecular formula is C7H9N2. The highest BCUT2D eigenvalue weighted by atomic mass is 15.3. The van der Waals surface area contributed by atoms with E-state index < -0.39 is 0 Å². The highest BCUT2D eigenvalue weighted by Gasteiger charge is 2.23. The lowest BCUT2D eigenvalue weighted by Gasteiger charge is -1.89. The second-order valence-corrected chi connectivity index (χ2v) is 2.67. The first-order valence-corrected chi connectivity index (χ1v) is 3.38. The molecule has 0 aromatic heterocycles. The second kappa shape index (κ2) is 1.87. The van der Waals surface area contributed by atoms with Crippen molar-refractivity contribution in [1.29, 1.82) is 0 Å². The van der Waals surface area contributed by atoms with E-state index in [0.717, 1.165) is 18.1 Å². The van der Waals surface area contributed by atoms with Gasteiger partial charge in [0.25, 0.3) is 0 Å². The number of hydrogen-bond donors (Lipinski definition) is 0. The van der Waals surface area contributed by atoms with Crippen LogP contribution in [0.5, 0.6) is 0 Å². The third-order valence-corrected chi connectivity index (χ3v) is 1.71. The SMILES string of the molecule is C1=CC(CC2CC2)=N[N]1. The minimum atomic E-state index is 0.932. The van der Waals surface area contributed by atoms with Crippen LogP contribution >= 0.6 is 0 Å². The van der Waals surface area contributed by atoms with Crippen LogP contribution in [0.3, 0.4) is 0 Å². The molecule has 0 saturated heterocycles. The quantitative estimate of drug-likeness (QED) is 0.526. The minimum absolute atomic E-state index is 0.932. The van der Waals surface area contributed by atoms with E-state index in [0.29, 0.717) is 0 Å². The van der Waals surface area contributed by atoms with Crippen molar-refractivity contribution in [2.45, 2.75) is 19.3 Å². The average Bonchev–Trinajstić information content (AvgIpc) is 2.46. The summed E-state index contributed by atoms with van der Waals surface area (Å²) < 4.78 is 0. The molecule has 1 aliphatic carbocycles. The fraction of sp³-hybridized carbons (Fsp3) is 0.571. The molecule has 2 aliphatic rings. The van der Waals surface area contributed by atoms with Gasteiger partial charge in [0, 0.05) is 0 Å². The molecule has 1 saturated carbocycles. The van der Waals surface area contributed by atoms with Crippen molar-refractivity contribution >= 4 is 5.71 Å². The molecule has 1 heterocycles. The summed E-state index contributed by atoms with van der Waals surface area (Å²) in [4.78, 5) is 0. The molecule has 0 aromatic rings. The fourth-order valence-corrected chi connectivity index (χ4v) is 0.987. The van der Waals surface area contributed by atoms with Gasteiger partial charge in [0.1, 0.15) is 0 Å². The Hall–Kier alpha value is -0.790. The Kier molecular flexibility index (Phi) is 1.04. The summed E-state index contributed by atoms with van der Waals surface area (Å²) in [6.07, 6.45) is 7.70. The van der Waals surface area contributed by atoms with Gasteiger partial charge in [-0.15, -0.1) is 0 Å². The van der Waals surface area contributed by atoms with Crippen LogP contribution < -0.4 is 5.43 Å². The van der Waals surface area contributed by atoms with Crippen LogP contribution in [0.1, 0.15) is 19.3 Å². The lowest BCUT2D eigenvalue weighted by atomic mass is 10.2. The predicted molar refractivity (Wildman–Crippen MR) is 36.1 cm³/mol. The Balaban J connectivity index is 1.89. The smallest absolute Gasteiger partial charge is 0.0649 e. The van der Waals surface area contributed by atoms with Crippen molar-refractivity contribution in [2.24, 2.45) is 11.0 Å². The van der Waals surface area contributed by atoms with Crippen LogP contribution in [-0.2, 0) is 0 Å². The summed E-state index contributed by atoms with van der Waals surface area (Å²) >= 11 is 0. The highest BCUT2D eigenvalue weighted by Crippen LogP contribution is 2.33. The van der Waals surface area contributed by atoms with E-state index in [1.807, 2.05) is 6.08 Å². The third-order valence-electron chi connectivity index (χ3n) is 1.71. The fourth-order valence-electron chi connectivity index (χ4n) is 0.987. The van der Waals surface area contributed by atoms with Crippen LogP contribution in [-0.4, -0.2) is 5.71 Å². The van der Waals surface area contributed by atoms with Gasteiger partial charge in [0.2, 0.25) is 0 Å². The lowest BCUT2D eigenvalue weighted by Crippen LogP contribution is -1.91. The van der Waals surface area contributed by atoms with Gasteiger partial charge in [0.05, 0.1) is 11.9 Å². The highest BCUT2D eigenvalue weighted by molar-refractivity contribution is 5.96. The predicted octanol–water partition coefficient (Wildman–Crippen LogP) is 1.27. The molecule has 2 nitrogen and oxygen atoms in total. The normalized spacial score (nSPS) is 23.8. The summed E-state index contributed by atoms with van der Waals surface area (Å²) in [6.45, 7) is 0. The summed E-state index contributed by atoms with van der Waals surface area (Å²) in [6, 6.07) is 0. The Morgan fingerprint density at radius 2 is 2.44 bits per heavy atom. The summed E-state index contributed by atoms with van der Waals surface area (Å²) in [5.74, 6) is 0.932. The van der Waals surface area contributed by atoms with Gasteiger partial charge in [0.15, 0.2) is 0 Å². The van der Waals surface area contributed by atoms with Crippen molar-refractivity contribution < 1.29 is 0 Å². The molecular weight excluding hydrogens is 112 g/mol. The van der Waals surface area contributed by atoms with E-state index in [1.54, 1.807) is 6.20 Å². The van der Waals surface area contributed by atoms with Crippen LogP contribution in [0.15, 0.2) is 17.4 Å². The monoisotopic (exact) mass is 121 g/mol. The molecule has 2 heteroatoms. The molecule has 1 radical (unpaired) electrons. The van der Waals surface area contributed by atoms with Gasteiger partial charge < -0.3 is 0 Å². The first-order chi connectivity index (χ1) is 4.45. The molecule has 9 heavy (non-hydrogen) atoms. The van der Waals surface area contributed by atoms with E-state index in [-0.39, 0.29) is 0 Å². The molecule has 47 valence electrons. The molecule has 0 bridgehead atoms. The summed E-state index contributed by atoms with van der Waals surface area (Å²) in [7, 11) is 0. The lowest BCUT2D eigenvalue weighted by molar-refractivity contribution is 0.881. The molecule has 2 rings (SSSR count). The van der Waals surface area contributed by atoms with E-state index >= 15 is 0 Å². The van der Waals surface area contributed by atoms with Crippen molar-refractivity contribution in [1.82, 2.24) is 5.43 Å². The molecule has 1 fully saturated rings. The Morgan fingerprint density at radius 1 is 1.56 bits per heavy atom. The van der Waals surface area contributed by atoms with Crippen molar-refractivity contribution in [2.75, 3.05) is 0 Å². The number of hydrogen-bond acceptors (Lipinski definition) is 1. The van der Waals surface area contributed by atoms with Crippen molar-refractivity contribution in [3.05, 3.63) is 12.3 Å². The first kappa shape index (κ1) is 5.03. The van der Waals surface area contributed by atoms with Gasteiger partial charge in [-0.2, -0.15) is 10.5 Å². The van der Waals surface area contributed by atoms with Crippen LogP contribution in [0.4, 0.5) is 0 Å². The minimum Gasteiger partial charge on any atom is -0.159 e. The molecule has 0 spiro atoms. The van der Waals surface area contributed by atoms with Gasteiger partial charge in [-0.25, -0.2) is 0 Å². The number of allylic oxidation sites excluding steroid dienone is 1. The third kappa shape index (κ3) is 1.12. The first-order valence-electron chi connectivity index (χ1n) is 3.38. The zero-order valence-electron chi connectivity index (χ0n) is 5.25. The zero-order chi connectivity index (χ0) is 6.10. The standard InChI is InChI=1S/C7H9N2/c1-2-6(1)5-7-3-4-8-9-7/h3-4,6H,1-2,5H2. The van der Waals surface area contributed by atoms with Crippen LogP contribution in [0, 0.1) is 5.92 Å². The van der Waals surface area contributed by atoms with Gasteiger partial charge >= 0.3 is 0 Å². The maximum Gasteiger partial charge on any atom is 0.0649 e. The maximum absolute atomic E-state index is 3.95. The molecule has 0 unspecified atom stereocenters. The van der Waals surface area contributed by atoms with Crippen molar-refractivity contribution in [3.63, 3.8) is 0 Å². The zero-order valence-corrected chi connectivity index (χ0v) is 5.25. The maximum atomic E-state index is 3.95. The van der Waals surface area contributed by atoms with Gasteiger partial charge in [-0.1, -0.05) is 0 Å². The Bertz CT molecular complexity index is 166. The molecule has 0 N–H and O–H groups in total. The largest absolute Gasteiger partial charge is 0.159 e. The Labute approximate surface area is 54.6 Å². The topological polar surface area (TPSA) is 26.5 Å². The van der Waals surface area contributed by atoms with E-state index in [2.05, 4.69) is 10.5 Å². The molecule has 0 atom stereocenters. The van der Waals surface area contributed by atoms with Crippen LogP contribution in [0.25, 0.3) is 0 Å². The van der Waals surface area contributed by atoms with Gasteiger partial charge in [-0.05, 0) is 31.3 Å². The summed E-state index contributed by atoms with van der Waals surface area (Å²) in [5, 5.41) is 3.95.